The predicted molar refractivity (Wildman–Crippen MR) is 114 cm³/mol. The van der Waals surface area contributed by atoms with Crippen molar-refractivity contribution in [3.05, 3.63) is 59.2 Å². The van der Waals surface area contributed by atoms with E-state index in [1.807, 2.05) is 24.0 Å². The minimum atomic E-state index is -1.07. The number of carbonyl (C=O) groups excluding carboxylic acids is 2. The first-order valence-corrected chi connectivity index (χ1v) is 10.1. The van der Waals surface area contributed by atoms with Crippen LogP contribution in [0.5, 0.6) is 0 Å². The summed E-state index contributed by atoms with van der Waals surface area (Å²) in [6, 6.07) is 11.9. The number of rotatable bonds is 6. The van der Waals surface area contributed by atoms with Gasteiger partial charge in [-0.25, -0.2) is 4.79 Å². The van der Waals surface area contributed by atoms with E-state index in [0.29, 0.717) is 36.6 Å². The van der Waals surface area contributed by atoms with Gasteiger partial charge in [-0.3, -0.25) is 9.59 Å². The van der Waals surface area contributed by atoms with Crippen molar-refractivity contribution in [2.45, 2.75) is 26.7 Å². The van der Waals surface area contributed by atoms with Crippen LogP contribution in [0.15, 0.2) is 42.5 Å². The maximum Gasteiger partial charge on any atom is 0.335 e. The van der Waals surface area contributed by atoms with Crippen molar-refractivity contribution < 1.29 is 24.2 Å². The van der Waals surface area contributed by atoms with Gasteiger partial charge in [0.1, 0.15) is 0 Å². The zero-order chi connectivity index (χ0) is 21.7. The van der Waals surface area contributed by atoms with E-state index in [1.165, 1.54) is 12.1 Å². The van der Waals surface area contributed by atoms with Crippen molar-refractivity contribution in [3.8, 4) is 0 Å². The molecule has 0 radical (unpaired) electrons. The fourth-order valence-electron chi connectivity index (χ4n) is 3.71. The first kappa shape index (κ1) is 21.4. The van der Waals surface area contributed by atoms with Crippen LogP contribution in [-0.2, 0) is 9.53 Å². The highest BCUT2D eigenvalue weighted by atomic mass is 16.5. The van der Waals surface area contributed by atoms with E-state index in [0.717, 1.165) is 18.4 Å². The number of nitrogens with one attached hydrogen (secondary N) is 1. The molecule has 7 heteroatoms. The van der Waals surface area contributed by atoms with Gasteiger partial charge in [0.15, 0.2) is 0 Å². The van der Waals surface area contributed by atoms with Gasteiger partial charge in [-0.05, 0) is 56.5 Å². The van der Waals surface area contributed by atoms with E-state index in [9.17, 15) is 19.5 Å². The maximum absolute atomic E-state index is 12.9. The Labute approximate surface area is 175 Å². The molecular weight excluding hydrogens is 384 g/mol. The molecule has 1 aliphatic rings. The number of aryl methyl sites for hydroxylation is 1. The monoisotopic (exact) mass is 410 g/mol. The number of piperidine rings is 1. The molecule has 1 aliphatic heterocycles. The number of amides is 1. The normalized spacial score (nSPS) is 16.1. The van der Waals surface area contributed by atoms with Gasteiger partial charge in [0, 0.05) is 18.7 Å². The second-order valence-electron chi connectivity index (χ2n) is 7.34. The molecule has 0 saturated carbocycles. The fraction of sp³-hybridized carbons (Fsp3) is 0.348. The Bertz CT molecular complexity index is 956. The molecule has 1 fully saturated rings. The lowest BCUT2D eigenvalue weighted by molar-refractivity contribution is -0.148. The fourth-order valence-corrected chi connectivity index (χ4v) is 3.71. The molecular formula is C23H26N2O5. The third-order valence-corrected chi connectivity index (χ3v) is 5.26. The van der Waals surface area contributed by atoms with Crippen LogP contribution in [-0.4, -0.2) is 42.6 Å². The largest absolute Gasteiger partial charge is 0.478 e. The molecule has 0 spiro atoms. The Kier molecular flexibility index (Phi) is 6.72. The number of carbonyl (C=O) groups is 3. The van der Waals surface area contributed by atoms with Crippen molar-refractivity contribution in [3.63, 3.8) is 0 Å². The molecule has 2 aromatic carbocycles. The molecule has 0 aromatic heterocycles. The van der Waals surface area contributed by atoms with Crippen LogP contribution < -0.4 is 10.2 Å². The SMILES string of the molecule is CCOC(=O)[C@@H]1CCCN(c2ccc(C(=O)O)cc2NC(=O)c2ccccc2C)C1. The van der Waals surface area contributed by atoms with E-state index in [4.69, 9.17) is 4.74 Å². The molecule has 1 saturated heterocycles. The molecule has 2 aromatic rings. The smallest absolute Gasteiger partial charge is 0.335 e. The summed E-state index contributed by atoms with van der Waals surface area (Å²) in [7, 11) is 0. The van der Waals surface area contributed by atoms with Gasteiger partial charge in [-0.2, -0.15) is 0 Å². The lowest BCUT2D eigenvalue weighted by Gasteiger charge is -2.34. The standard InChI is InChI=1S/C23H26N2O5/c1-3-30-23(29)17-8-6-12-25(14-17)20-11-10-16(22(27)28)13-19(20)24-21(26)18-9-5-4-7-15(18)2/h4-5,7,9-11,13,17H,3,6,8,12,14H2,1-2H3,(H,24,26)(H,27,28)/t17-/m1/s1. The highest BCUT2D eigenvalue weighted by Gasteiger charge is 2.28. The molecule has 2 N–H and O–H groups in total. The number of ether oxygens (including phenoxy) is 1. The number of carboxylic acids is 1. The van der Waals surface area contributed by atoms with E-state index < -0.39 is 5.97 Å². The number of anilines is 2. The molecule has 30 heavy (non-hydrogen) atoms. The maximum atomic E-state index is 12.9. The van der Waals surface area contributed by atoms with Gasteiger partial charge >= 0.3 is 11.9 Å². The number of carboxylic acid groups (broad SMARTS) is 1. The second kappa shape index (κ2) is 9.43. The van der Waals surface area contributed by atoms with Gasteiger partial charge < -0.3 is 20.1 Å². The summed E-state index contributed by atoms with van der Waals surface area (Å²) in [4.78, 5) is 38.5. The Hall–Kier alpha value is -3.35. The summed E-state index contributed by atoms with van der Waals surface area (Å²) in [5.74, 6) is -1.86. The lowest BCUT2D eigenvalue weighted by Crippen LogP contribution is -2.40. The van der Waals surface area contributed by atoms with Gasteiger partial charge in [0.25, 0.3) is 5.91 Å². The highest BCUT2D eigenvalue weighted by Crippen LogP contribution is 2.32. The van der Waals surface area contributed by atoms with Crippen molar-refractivity contribution in [2.24, 2.45) is 5.92 Å². The van der Waals surface area contributed by atoms with Crippen LogP contribution in [0.2, 0.25) is 0 Å². The van der Waals surface area contributed by atoms with Crippen molar-refractivity contribution in [2.75, 3.05) is 29.9 Å². The molecule has 0 bridgehead atoms. The van der Waals surface area contributed by atoms with Crippen molar-refractivity contribution in [1.29, 1.82) is 0 Å². The van der Waals surface area contributed by atoms with Gasteiger partial charge in [-0.15, -0.1) is 0 Å². The Morgan fingerprint density at radius 3 is 2.67 bits per heavy atom. The average Bonchev–Trinajstić information content (AvgIpc) is 2.74. The molecule has 0 unspecified atom stereocenters. The summed E-state index contributed by atoms with van der Waals surface area (Å²) in [6.07, 6.45) is 1.54. The first-order valence-electron chi connectivity index (χ1n) is 10.1. The van der Waals surface area contributed by atoms with Gasteiger partial charge in [0.2, 0.25) is 0 Å². The van der Waals surface area contributed by atoms with Crippen LogP contribution in [0.1, 0.15) is 46.0 Å². The average molecular weight is 410 g/mol. The Morgan fingerprint density at radius 1 is 1.20 bits per heavy atom. The molecule has 0 aliphatic carbocycles. The summed E-state index contributed by atoms with van der Waals surface area (Å²) in [5.41, 5.74) is 2.53. The number of hydrogen-bond donors (Lipinski definition) is 2. The van der Waals surface area contributed by atoms with Crippen LogP contribution >= 0.6 is 0 Å². The van der Waals surface area contributed by atoms with Gasteiger partial charge in [0.05, 0.1) is 29.5 Å². The summed E-state index contributed by atoms with van der Waals surface area (Å²) in [6.45, 7) is 5.12. The molecule has 1 heterocycles. The minimum Gasteiger partial charge on any atom is -0.478 e. The quantitative estimate of drug-likeness (QED) is 0.705. The third-order valence-electron chi connectivity index (χ3n) is 5.26. The number of aromatic carboxylic acids is 1. The van der Waals surface area contributed by atoms with E-state index >= 15 is 0 Å². The van der Waals surface area contributed by atoms with E-state index in [1.54, 1.807) is 25.1 Å². The molecule has 1 amide bonds. The summed E-state index contributed by atoms with van der Waals surface area (Å²) >= 11 is 0. The highest BCUT2D eigenvalue weighted by molar-refractivity contribution is 6.07. The number of hydrogen-bond acceptors (Lipinski definition) is 5. The van der Waals surface area contributed by atoms with Crippen LogP contribution in [0, 0.1) is 12.8 Å². The van der Waals surface area contributed by atoms with E-state index in [-0.39, 0.29) is 23.4 Å². The first-order chi connectivity index (χ1) is 14.4. The van der Waals surface area contributed by atoms with Crippen LogP contribution in [0.25, 0.3) is 0 Å². The Morgan fingerprint density at radius 2 is 1.97 bits per heavy atom. The predicted octanol–water partition coefficient (Wildman–Crippen LogP) is 3.73. The van der Waals surface area contributed by atoms with Crippen molar-refractivity contribution >= 4 is 29.2 Å². The summed E-state index contributed by atoms with van der Waals surface area (Å²) in [5, 5.41) is 12.3. The molecule has 1 atom stereocenters. The molecule has 158 valence electrons. The van der Waals surface area contributed by atoms with Gasteiger partial charge in [-0.1, -0.05) is 18.2 Å². The zero-order valence-corrected chi connectivity index (χ0v) is 17.2. The minimum absolute atomic E-state index is 0.0813. The van der Waals surface area contributed by atoms with Crippen LogP contribution in [0.4, 0.5) is 11.4 Å². The van der Waals surface area contributed by atoms with Crippen LogP contribution in [0.3, 0.4) is 0 Å². The topological polar surface area (TPSA) is 95.9 Å². The number of nitrogens with zero attached hydrogens (tertiary/aromatic N) is 1. The second-order valence-corrected chi connectivity index (χ2v) is 7.34. The number of esters is 1. The third kappa shape index (κ3) is 4.79. The number of benzene rings is 2. The zero-order valence-electron chi connectivity index (χ0n) is 17.2. The summed E-state index contributed by atoms with van der Waals surface area (Å²) < 4.78 is 5.17. The lowest BCUT2D eigenvalue weighted by atomic mass is 9.97. The van der Waals surface area contributed by atoms with E-state index in [2.05, 4.69) is 5.32 Å². The molecule has 7 nitrogen and oxygen atoms in total. The van der Waals surface area contributed by atoms with Crippen molar-refractivity contribution in [1.82, 2.24) is 0 Å². The Balaban J connectivity index is 1.91. The molecule has 3 rings (SSSR count).